The molecular weight excluding hydrogens is 396 g/mol. The summed E-state index contributed by atoms with van der Waals surface area (Å²) in [6, 6.07) is 0. The molecule has 1 saturated heterocycles. The number of rotatable bonds is 5. The predicted molar refractivity (Wildman–Crippen MR) is 106 cm³/mol. The Morgan fingerprint density at radius 3 is 2.76 bits per heavy atom. The van der Waals surface area contributed by atoms with Crippen LogP contribution in [0.15, 0.2) is 10.9 Å². The van der Waals surface area contributed by atoms with Gasteiger partial charge in [0.05, 0.1) is 38.2 Å². The summed E-state index contributed by atoms with van der Waals surface area (Å²) >= 11 is 1.31. The van der Waals surface area contributed by atoms with Gasteiger partial charge in [0.2, 0.25) is 11.9 Å². The van der Waals surface area contributed by atoms with Gasteiger partial charge in [-0.25, -0.2) is 15.0 Å². The Morgan fingerprint density at radius 1 is 1.38 bits per heavy atom. The Bertz CT molecular complexity index is 867. The first-order valence-electron chi connectivity index (χ1n) is 9.11. The lowest BCUT2D eigenvalue weighted by Gasteiger charge is -2.31. The van der Waals surface area contributed by atoms with Crippen molar-refractivity contribution in [2.45, 2.75) is 25.9 Å². The van der Waals surface area contributed by atoms with E-state index < -0.39 is 5.60 Å². The molecule has 0 bridgehead atoms. The van der Waals surface area contributed by atoms with E-state index in [4.69, 9.17) is 10.5 Å². The number of carbonyl (C=O) groups is 2. The molecule has 2 aromatic rings. The maximum Gasteiger partial charge on any atom is 0.270 e. The summed E-state index contributed by atoms with van der Waals surface area (Å²) in [6.45, 7) is 4.19. The van der Waals surface area contributed by atoms with Crippen LogP contribution in [-0.4, -0.2) is 75.2 Å². The van der Waals surface area contributed by atoms with Gasteiger partial charge in [0, 0.05) is 28.9 Å². The van der Waals surface area contributed by atoms with Gasteiger partial charge in [0.1, 0.15) is 11.3 Å². The lowest BCUT2D eigenvalue weighted by molar-refractivity contribution is -0.133. The fourth-order valence-electron chi connectivity index (χ4n) is 3.18. The first kappa shape index (κ1) is 21.1. The summed E-state index contributed by atoms with van der Waals surface area (Å²) in [5, 5.41) is 15.2. The van der Waals surface area contributed by atoms with Crippen molar-refractivity contribution in [2.75, 3.05) is 38.6 Å². The highest BCUT2D eigenvalue weighted by Gasteiger charge is 2.35. The first-order valence-corrected chi connectivity index (χ1v) is 10.1. The van der Waals surface area contributed by atoms with E-state index >= 15 is 0 Å². The average Bonchev–Trinajstić information content (AvgIpc) is 3.13. The van der Waals surface area contributed by atoms with Crippen LogP contribution in [0, 0.1) is 13.8 Å². The molecular formula is C18H24N6O4S. The number of nitrogens with two attached hydrogens (primary N) is 1. The lowest BCUT2D eigenvalue weighted by atomic mass is 10.0. The van der Waals surface area contributed by atoms with Crippen LogP contribution in [0.5, 0.6) is 0 Å². The third-order valence-electron chi connectivity index (χ3n) is 4.72. The van der Waals surface area contributed by atoms with Gasteiger partial charge in [-0.05, 0) is 13.8 Å². The zero-order chi connectivity index (χ0) is 21.0. The lowest BCUT2D eigenvalue weighted by Crippen LogP contribution is -2.53. The fraction of sp³-hybridized carbons (Fsp3) is 0.500. The van der Waals surface area contributed by atoms with Crippen LogP contribution >= 0.6 is 11.3 Å². The third kappa shape index (κ3) is 5.25. The molecule has 1 fully saturated rings. The van der Waals surface area contributed by atoms with Crippen molar-refractivity contribution < 1.29 is 19.4 Å². The van der Waals surface area contributed by atoms with Crippen molar-refractivity contribution in [3.05, 3.63) is 33.5 Å². The fourth-order valence-corrected chi connectivity index (χ4v) is 3.71. The number of carbonyl (C=O) groups excluding carboxylic acids is 2. The number of hydrogen-bond donors (Lipinski definition) is 3. The van der Waals surface area contributed by atoms with E-state index in [1.165, 1.54) is 16.2 Å². The van der Waals surface area contributed by atoms with Crippen LogP contribution < -0.4 is 11.1 Å². The van der Waals surface area contributed by atoms with E-state index in [-0.39, 0.29) is 49.6 Å². The van der Waals surface area contributed by atoms with Gasteiger partial charge >= 0.3 is 0 Å². The summed E-state index contributed by atoms with van der Waals surface area (Å²) in [4.78, 5) is 38.7. The number of thiazole rings is 1. The van der Waals surface area contributed by atoms with Crippen LogP contribution in [0.4, 0.5) is 5.95 Å². The SMILES string of the molecule is Cc1nc(N)nc(C)c1CC(=O)N1CCOCC(O)(CNC(=O)c2cscn2)C1. The van der Waals surface area contributed by atoms with Crippen LogP contribution in [0.25, 0.3) is 0 Å². The number of nitrogens with zero attached hydrogens (tertiary/aromatic N) is 4. The summed E-state index contributed by atoms with van der Waals surface area (Å²) in [7, 11) is 0. The number of aryl methyl sites for hydroxylation is 2. The molecule has 0 saturated carbocycles. The van der Waals surface area contributed by atoms with Gasteiger partial charge in [-0.1, -0.05) is 0 Å². The number of ether oxygens (including phenoxy) is 1. The smallest absolute Gasteiger partial charge is 0.270 e. The van der Waals surface area contributed by atoms with E-state index in [0.29, 0.717) is 24.5 Å². The molecule has 2 amide bonds. The number of nitrogen functional groups attached to an aromatic ring is 1. The quantitative estimate of drug-likeness (QED) is 0.598. The molecule has 156 valence electrons. The van der Waals surface area contributed by atoms with Crippen LogP contribution in [0.2, 0.25) is 0 Å². The minimum absolute atomic E-state index is 0.0111. The Kier molecular flexibility index (Phi) is 6.40. The van der Waals surface area contributed by atoms with E-state index in [2.05, 4.69) is 20.3 Å². The maximum absolute atomic E-state index is 12.9. The molecule has 1 unspecified atom stereocenters. The van der Waals surface area contributed by atoms with Crippen LogP contribution in [0.3, 0.4) is 0 Å². The van der Waals surface area contributed by atoms with Crippen molar-refractivity contribution in [2.24, 2.45) is 0 Å². The van der Waals surface area contributed by atoms with Crippen molar-refractivity contribution in [3.63, 3.8) is 0 Å². The summed E-state index contributed by atoms with van der Waals surface area (Å²) in [5.74, 6) is -0.393. The van der Waals surface area contributed by atoms with E-state index in [0.717, 1.165) is 5.56 Å². The molecule has 0 aromatic carbocycles. The highest BCUT2D eigenvalue weighted by Crippen LogP contribution is 2.17. The molecule has 3 rings (SSSR count). The van der Waals surface area contributed by atoms with Gasteiger partial charge < -0.3 is 25.8 Å². The van der Waals surface area contributed by atoms with Crippen molar-refractivity contribution in [3.8, 4) is 0 Å². The Labute approximate surface area is 172 Å². The zero-order valence-electron chi connectivity index (χ0n) is 16.3. The van der Waals surface area contributed by atoms with Crippen LogP contribution in [0.1, 0.15) is 27.4 Å². The molecule has 1 aliphatic rings. The first-order chi connectivity index (χ1) is 13.8. The molecule has 0 spiro atoms. The Morgan fingerprint density at radius 2 is 2.10 bits per heavy atom. The number of nitrogens with one attached hydrogen (secondary N) is 1. The normalized spacial score (nSPS) is 19.6. The highest BCUT2D eigenvalue weighted by atomic mass is 32.1. The minimum Gasteiger partial charge on any atom is -0.384 e. The summed E-state index contributed by atoms with van der Waals surface area (Å²) in [5.41, 5.74) is 8.11. The second kappa shape index (κ2) is 8.80. The number of aliphatic hydroxyl groups is 1. The number of aromatic nitrogens is 3. The van der Waals surface area contributed by atoms with Gasteiger partial charge in [0.15, 0.2) is 0 Å². The molecule has 3 heterocycles. The minimum atomic E-state index is -1.40. The molecule has 0 radical (unpaired) electrons. The van der Waals surface area contributed by atoms with Gasteiger partial charge in [0.25, 0.3) is 5.91 Å². The summed E-state index contributed by atoms with van der Waals surface area (Å²) < 4.78 is 5.48. The standard InChI is InChI=1S/C18H24N6O4S/c1-11-13(12(2)23-17(19)22-11)5-15(25)24-3-4-28-9-18(27,8-24)7-20-16(26)14-6-29-10-21-14/h6,10,27H,3-5,7-9H2,1-2H3,(H,20,26)(H2,19,22,23). The van der Waals surface area contributed by atoms with Crippen molar-refractivity contribution >= 4 is 29.1 Å². The Balaban J connectivity index is 1.66. The van der Waals surface area contributed by atoms with Gasteiger partial charge in [-0.15, -0.1) is 11.3 Å². The van der Waals surface area contributed by atoms with Crippen molar-refractivity contribution in [1.82, 2.24) is 25.2 Å². The van der Waals surface area contributed by atoms with Crippen LogP contribution in [-0.2, 0) is 16.0 Å². The molecule has 0 aliphatic carbocycles. The second-order valence-electron chi connectivity index (χ2n) is 7.06. The second-order valence-corrected chi connectivity index (χ2v) is 7.78. The molecule has 10 nitrogen and oxygen atoms in total. The van der Waals surface area contributed by atoms with E-state index in [9.17, 15) is 14.7 Å². The number of β-amino-alcohol motifs (C(OH)–C–C–N with tert-alkyl or cyclic N) is 1. The molecule has 1 aliphatic heterocycles. The molecule has 2 aromatic heterocycles. The largest absolute Gasteiger partial charge is 0.384 e. The Hall–Kier alpha value is -2.63. The zero-order valence-corrected chi connectivity index (χ0v) is 17.2. The topological polar surface area (TPSA) is 144 Å². The van der Waals surface area contributed by atoms with Crippen molar-refractivity contribution in [1.29, 1.82) is 0 Å². The molecule has 11 heteroatoms. The monoisotopic (exact) mass is 420 g/mol. The number of amides is 2. The number of anilines is 1. The summed E-state index contributed by atoms with van der Waals surface area (Å²) in [6.07, 6.45) is 0.0964. The highest BCUT2D eigenvalue weighted by molar-refractivity contribution is 7.07. The molecule has 1 atom stereocenters. The predicted octanol–water partition coefficient (Wildman–Crippen LogP) is -0.305. The van der Waals surface area contributed by atoms with Gasteiger partial charge in [-0.3, -0.25) is 9.59 Å². The number of hydrogen-bond acceptors (Lipinski definition) is 9. The third-order valence-corrected chi connectivity index (χ3v) is 5.31. The molecule has 29 heavy (non-hydrogen) atoms. The van der Waals surface area contributed by atoms with Gasteiger partial charge in [-0.2, -0.15) is 0 Å². The maximum atomic E-state index is 12.9. The van der Waals surface area contributed by atoms with E-state index in [1.807, 2.05) is 0 Å². The average molecular weight is 420 g/mol. The molecule has 4 N–H and O–H groups in total. The van der Waals surface area contributed by atoms with E-state index in [1.54, 1.807) is 24.7 Å².